The Hall–Kier alpha value is -2.04. The van der Waals surface area contributed by atoms with Crippen molar-refractivity contribution in [3.05, 3.63) is 59.7 Å². The van der Waals surface area contributed by atoms with Crippen LogP contribution in [0.2, 0.25) is 0 Å². The first-order valence-electron chi connectivity index (χ1n) is 7.71. The number of ether oxygens (including phenoxy) is 2. The molecule has 2 rings (SSSR count). The predicted octanol–water partition coefficient (Wildman–Crippen LogP) is 2.92. The first kappa shape index (κ1) is 17.3. The van der Waals surface area contributed by atoms with Crippen molar-refractivity contribution in [1.29, 1.82) is 0 Å². The predicted molar refractivity (Wildman–Crippen MR) is 91.8 cm³/mol. The zero-order chi connectivity index (χ0) is 17.0. The maximum absolute atomic E-state index is 11.7. The summed E-state index contributed by atoms with van der Waals surface area (Å²) in [7, 11) is 3.17. The fraction of sp³-hybridized carbons (Fsp3) is 0.368. The Morgan fingerprint density at radius 1 is 0.870 bits per heavy atom. The van der Waals surface area contributed by atoms with Gasteiger partial charge in [-0.2, -0.15) is 0 Å². The van der Waals surface area contributed by atoms with E-state index in [4.69, 9.17) is 15.2 Å². The average molecular weight is 315 g/mol. The number of methoxy groups -OCH3 is 2. The molecule has 0 radical (unpaired) electrons. The molecule has 4 heteroatoms. The van der Waals surface area contributed by atoms with Gasteiger partial charge >= 0.3 is 0 Å². The maximum atomic E-state index is 11.7. The molecule has 0 spiro atoms. The summed E-state index contributed by atoms with van der Waals surface area (Å²) in [6.07, 6.45) is 0. The number of aliphatic hydroxyl groups is 1. The van der Waals surface area contributed by atoms with E-state index in [2.05, 4.69) is 0 Å². The van der Waals surface area contributed by atoms with E-state index < -0.39 is 11.6 Å². The third-order valence-electron chi connectivity index (χ3n) is 4.24. The van der Waals surface area contributed by atoms with Crippen molar-refractivity contribution < 1.29 is 14.6 Å². The second-order valence-corrected chi connectivity index (χ2v) is 5.94. The fourth-order valence-corrected chi connectivity index (χ4v) is 2.91. The van der Waals surface area contributed by atoms with E-state index >= 15 is 0 Å². The van der Waals surface area contributed by atoms with Crippen LogP contribution in [0.5, 0.6) is 11.5 Å². The van der Waals surface area contributed by atoms with Crippen molar-refractivity contribution >= 4 is 0 Å². The van der Waals surface area contributed by atoms with Crippen LogP contribution in [0.25, 0.3) is 0 Å². The zero-order valence-electron chi connectivity index (χ0n) is 14.1. The van der Waals surface area contributed by atoms with Crippen LogP contribution in [-0.2, 0) is 5.60 Å². The summed E-state index contributed by atoms with van der Waals surface area (Å²) in [6, 6.07) is 14.3. The molecule has 0 amide bonds. The van der Waals surface area contributed by atoms with E-state index in [0.29, 0.717) is 22.6 Å². The minimum atomic E-state index is -1.42. The lowest BCUT2D eigenvalue weighted by molar-refractivity contribution is 0.0309. The van der Waals surface area contributed by atoms with Crippen LogP contribution in [0, 0.1) is 5.92 Å². The molecule has 0 aliphatic rings. The summed E-state index contributed by atoms with van der Waals surface area (Å²) in [6.45, 7) is 3.97. The quantitative estimate of drug-likeness (QED) is 0.860. The Morgan fingerprint density at radius 3 is 1.61 bits per heavy atom. The smallest absolute Gasteiger partial charge is 0.137 e. The topological polar surface area (TPSA) is 64.7 Å². The lowest BCUT2D eigenvalue weighted by atomic mass is 9.75. The molecule has 4 nitrogen and oxygen atoms in total. The Morgan fingerprint density at radius 2 is 1.26 bits per heavy atom. The van der Waals surface area contributed by atoms with Gasteiger partial charge in [-0.3, -0.25) is 0 Å². The molecule has 23 heavy (non-hydrogen) atoms. The first-order chi connectivity index (χ1) is 11.0. The highest BCUT2D eigenvalue weighted by Gasteiger charge is 2.43. The molecule has 124 valence electrons. The van der Waals surface area contributed by atoms with Gasteiger partial charge in [0.2, 0.25) is 0 Å². The van der Waals surface area contributed by atoms with Gasteiger partial charge in [-0.25, -0.2) is 0 Å². The lowest BCUT2D eigenvalue weighted by Crippen LogP contribution is -2.49. The van der Waals surface area contributed by atoms with Gasteiger partial charge in [0.15, 0.2) is 0 Å². The lowest BCUT2D eigenvalue weighted by Gasteiger charge is -2.38. The van der Waals surface area contributed by atoms with E-state index in [0.717, 1.165) is 0 Å². The molecule has 0 saturated carbocycles. The molecule has 0 saturated heterocycles. The Labute approximate surface area is 137 Å². The van der Waals surface area contributed by atoms with Crippen molar-refractivity contribution in [1.82, 2.24) is 0 Å². The summed E-state index contributed by atoms with van der Waals surface area (Å²) in [5, 5.41) is 11.7. The third kappa shape index (κ3) is 3.05. The van der Waals surface area contributed by atoms with Crippen LogP contribution >= 0.6 is 0 Å². The van der Waals surface area contributed by atoms with Crippen molar-refractivity contribution in [2.75, 3.05) is 14.2 Å². The Kier molecular flexibility index (Phi) is 5.29. The molecule has 0 bridgehead atoms. The van der Waals surface area contributed by atoms with Crippen molar-refractivity contribution in [2.24, 2.45) is 11.7 Å². The van der Waals surface area contributed by atoms with E-state index in [-0.39, 0.29) is 5.92 Å². The highest BCUT2D eigenvalue weighted by molar-refractivity contribution is 5.51. The summed E-state index contributed by atoms with van der Waals surface area (Å²) in [4.78, 5) is 0. The van der Waals surface area contributed by atoms with Gasteiger partial charge in [-0.1, -0.05) is 50.2 Å². The third-order valence-corrected chi connectivity index (χ3v) is 4.24. The highest BCUT2D eigenvalue weighted by Crippen LogP contribution is 2.43. The van der Waals surface area contributed by atoms with Crippen molar-refractivity contribution in [2.45, 2.75) is 25.5 Å². The van der Waals surface area contributed by atoms with Gasteiger partial charge in [-0.05, 0) is 18.1 Å². The molecule has 2 aromatic carbocycles. The second-order valence-electron chi connectivity index (χ2n) is 5.94. The Balaban J connectivity index is 2.76. The van der Waals surface area contributed by atoms with Crippen LogP contribution < -0.4 is 15.2 Å². The van der Waals surface area contributed by atoms with Crippen LogP contribution in [0.15, 0.2) is 48.5 Å². The van der Waals surface area contributed by atoms with Gasteiger partial charge in [0.1, 0.15) is 17.1 Å². The first-order valence-corrected chi connectivity index (χ1v) is 7.71. The zero-order valence-corrected chi connectivity index (χ0v) is 14.1. The van der Waals surface area contributed by atoms with Gasteiger partial charge in [0.05, 0.1) is 14.2 Å². The van der Waals surface area contributed by atoms with Crippen LogP contribution in [0.1, 0.15) is 25.0 Å². The molecule has 0 aromatic heterocycles. The summed E-state index contributed by atoms with van der Waals surface area (Å²) in [5.74, 6) is 1.24. The van der Waals surface area contributed by atoms with Gasteiger partial charge in [0.25, 0.3) is 0 Å². The molecule has 0 aliphatic carbocycles. The molecule has 1 atom stereocenters. The van der Waals surface area contributed by atoms with Crippen LogP contribution in [0.3, 0.4) is 0 Å². The highest BCUT2D eigenvalue weighted by atomic mass is 16.5. The Bertz CT molecular complexity index is 607. The molecule has 3 N–H and O–H groups in total. The van der Waals surface area contributed by atoms with E-state index in [9.17, 15) is 5.11 Å². The molecule has 0 aliphatic heterocycles. The van der Waals surface area contributed by atoms with E-state index in [1.165, 1.54) is 0 Å². The number of hydrogen-bond acceptors (Lipinski definition) is 4. The van der Waals surface area contributed by atoms with Crippen molar-refractivity contribution in [3.8, 4) is 11.5 Å². The second kappa shape index (κ2) is 7.02. The standard InChI is InChI=1S/C19H25NO3/c1-13(2)18(20)19(21,14-9-5-7-11-16(14)22-3)15-10-6-8-12-17(15)23-4/h5-13,18,21H,20H2,1-4H3. The molecular formula is C19H25NO3. The van der Waals surface area contributed by atoms with Gasteiger partial charge in [0, 0.05) is 17.2 Å². The molecular weight excluding hydrogens is 290 g/mol. The van der Waals surface area contributed by atoms with Crippen molar-refractivity contribution in [3.63, 3.8) is 0 Å². The number of para-hydroxylation sites is 2. The minimum Gasteiger partial charge on any atom is -0.496 e. The van der Waals surface area contributed by atoms with E-state index in [1.54, 1.807) is 14.2 Å². The molecule has 0 fully saturated rings. The largest absolute Gasteiger partial charge is 0.496 e. The molecule has 1 unspecified atom stereocenters. The molecule has 2 aromatic rings. The SMILES string of the molecule is COc1ccccc1C(O)(c1ccccc1OC)C(N)C(C)C. The number of rotatable bonds is 6. The van der Waals surface area contributed by atoms with Gasteiger partial charge < -0.3 is 20.3 Å². The summed E-state index contributed by atoms with van der Waals surface area (Å²) >= 11 is 0. The fourth-order valence-electron chi connectivity index (χ4n) is 2.91. The summed E-state index contributed by atoms with van der Waals surface area (Å²) < 4.78 is 10.9. The van der Waals surface area contributed by atoms with Crippen LogP contribution in [-0.4, -0.2) is 25.4 Å². The van der Waals surface area contributed by atoms with Gasteiger partial charge in [-0.15, -0.1) is 0 Å². The average Bonchev–Trinajstić information content (AvgIpc) is 2.60. The van der Waals surface area contributed by atoms with Crippen LogP contribution in [0.4, 0.5) is 0 Å². The summed E-state index contributed by atoms with van der Waals surface area (Å²) in [5.41, 5.74) is 6.29. The molecule has 0 heterocycles. The normalized spacial score (nSPS) is 13.0. The van der Waals surface area contributed by atoms with E-state index in [1.807, 2.05) is 62.4 Å². The maximum Gasteiger partial charge on any atom is 0.137 e. The monoisotopic (exact) mass is 315 g/mol. The minimum absolute atomic E-state index is 0.0508. The number of benzene rings is 2. The number of hydrogen-bond donors (Lipinski definition) is 2. The number of nitrogens with two attached hydrogens (primary N) is 1.